The molecule has 1 aliphatic heterocycles. The maximum absolute atomic E-state index is 12.7. The predicted molar refractivity (Wildman–Crippen MR) is 132 cm³/mol. The minimum Gasteiger partial charge on any atom is -0.332 e. The number of imide groups is 1. The van der Waals surface area contributed by atoms with Gasteiger partial charge in [-0.3, -0.25) is 19.7 Å². The third-order valence-electron chi connectivity index (χ3n) is 5.44. The Morgan fingerprint density at radius 2 is 1.33 bits per heavy atom. The molecule has 0 unspecified atom stereocenters. The van der Waals surface area contributed by atoms with E-state index in [1.807, 2.05) is 36.4 Å². The Bertz CT molecular complexity index is 1410. The summed E-state index contributed by atoms with van der Waals surface area (Å²) in [6.45, 7) is 0. The lowest BCUT2D eigenvalue weighted by Gasteiger charge is -2.15. The van der Waals surface area contributed by atoms with Crippen LogP contribution in [0.1, 0.15) is 31.1 Å². The number of nitrogens with zero attached hydrogens (tertiary/aromatic N) is 1. The van der Waals surface area contributed by atoms with E-state index in [-0.39, 0.29) is 22.8 Å². The van der Waals surface area contributed by atoms with Crippen molar-refractivity contribution in [3.8, 4) is 0 Å². The van der Waals surface area contributed by atoms with Crippen LogP contribution >= 0.6 is 12.2 Å². The second kappa shape index (κ2) is 8.29. The van der Waals surface area contributed by atoms with Crippen LogP contribution in [0, 0.1) is 0 Å². The number of amides is 3. The number of nitrogens with one attached hydrogen (secondary N) is 2. The van der Waals surface area contributed by atoms with Crippen molar-refractivity contribution in [2.24, 2.45) is 0 Å². The maximum Gasteiger partial charge on any atom is 0.266 e. The van der Waals surface area contributed by atoms with Crippen molar-refractivity contribution in [3.05, 3.63) is 108 Å². The Kier molecular flexibility index (Phi) is 5.16. The molecule has 0 aliphatic carbocycles. The van der Waals surface area contributed by atoms with Gasteiger partial charge in [-0.15, -0.1) is 0 Å². The van der Waals surface area contributed by atoms with Gasteiger partial charge in [0.1, 0.15) is 0 Å². The molecule has 7 heteroatoms. The largest absolute Gasteiger partial charge is 0.332 e. The van der Waals surface area contributed by atoms with Gasteiger partial charge in [0.05, 0.1) is 16.8 Å². The van der Waals surface area contributed by atoms with E-state index in [9.17, 15) is 14.4 Å². The zero-order chi connectivity index (χ0) is 22.9. The molecule has 0 aromatic heterocycles. The first-order chi connectivity index (χ1) is 16.0. The van der Waals surface area contributed by atoms with Crippen LogP contribution in [0.5, 0.6) is 0 Å². The van der Waals surface area contributed by atoms with Crippen LogP contribution in [0.15, 0.2) is 91.0 Å². The van der Waals surface area contributed by atoms with Crippen LogP contribution in [0.3, 0.4) is 0 Å². The third-order valence-corrected chi connectivity index (χ3v) is 5.64. The summed E-state index contributed by atoms with van der Waals surface area (Å²) in [5.74, 6) is -1.02. The molecule has 0 saturated heterocycles. The fraction of sp³-hybridized carbons (Fsp3) is 0. The van der Waals surface area contributed by atoms with Crippen LogP contribution in [0.2, 0.25) is 0 Å². The number of hydrogen-bond acceptors (Lipinski definition) is 4. The normalized spacial score (nSPS) is 12.5. The summed E-state index contributed by atoms with van der Waals surface area (Å²) >= 11 is 5.30. The molecule has 4 aromatic rings. The van der Waals surface area contributed by atoms with Gasteiger partial charge in [0, 0.05) is 11.3 Å². The SMILES string of the molecule is O=C(NC(=S)Nc1ccc(N2C(=O)c3ccccc3C2=O)cc1)c1cccc2ccccc12. The topological polar surface area (TPSA) is 78.5 Å². The molecule has 3 amide bonds. The molecule has 0 saturated carbocycles. The zero-order valence-electron chi connectivity index (χ0n) is 17.2. The molecule has 2 N–H and O–H groups in total. The molecule has 0 fully saturated rings. The van der Waals surface area contributed by atoms with Gasteiger partial charge < -0.3 is 5.32 Å². The van der Waals surface area contributed by atoms with E-state index < -0.39 is 0 Å². The molecule has 5 rings (SSSR count). The Hall–Kier alpha value is -4.36. The number of fused-ring (bicyclic) bond motifs is 2. The average molecular weight is 452 g/mol. The van der Waals surface area contributed by atoms with Crippen molar-refractivity contribution < 1.29 is 14.4 Å². The maximum atomic E-state index is 12.7. The van der Waals surface area contributed by atoms with Crippen LogP contribution < -0.4 is 15.5 Å². The van der Waals surface area contributed by atoms with Gasteiger partial charge in [-0.05, 0) is 65.5 Å². The van der Waals surface area contributed by atoms with E-state index in [1.165, 1.54) is 0 Å². The van der Waals surface area contributed by atoms with E-state index >= 15 is 0 Å². The van der Waals surface area contributed by atoms with Gasteiger partial charge in [0.2, 0.25) is 0 Å². The lowest BCUT2D eigenvalue weighted by molar-refractivity contribution is 0.0923. The number of rotatable bonds is 3. The van der Waals surface area contributed by atoms with Crippen LogP contribution in [-0.4, -0.2) is 22.8 Å². The second-order valence-electron chi connectivity index (χ2n) is 7.47. The number of carbonyl (C=O) groups is 3. The first kappa shape index (κ1) is 20.5. The van der Waals surface area contributed by atoms with Crippen molar-refractivity contribution in [2.75, 3.05) is 10.2 Å². The van der Waals surface area contributed by atoms with E-state index in [0.29, 0.717) is 28.1 Å². The molecule has 33 heavy (non-hydrogen) atoms. The van der Waals surface area contributed by atoms with Crippen LogP contribution in [0.25, 0.3) is 10.8 Å². The summed E-state index contributed by atoms with van der Waals surface area (Å²) in [5.41, 5.74) is 2.37. The fourth-order valence-electron chi connectivity index (χ4n) is 3.87. The molecular weight excluding hydrogens is 434 g/mol. The Morgan fingerprint density at radius 1 is 0.727 bits per heavy atom. The molecule has 0 atom stereocenters. The molecule has 0 spiro atoms. The van der Waals surface area contributed by atoms with Gasteiger partial charge in [0.25, 0.3) is 17.7 Å². The van der Waals surface area contributed by atoms with Crippen LogP contribution in [0.4, 0.5) is 11.4 Å². The number of anilines is 2. The van der Waals surface area contributed by atoms with Gasteiger partial charge in [-0.1, -0.05) is 48.5 Å². The summed E-state index contributed by atoms with van der Waals surface area (Å²) < 4.78 is 0. The van der Waals surface area contributed by atoms with Gasteiger partial charge in [0.15, 0.2) is 5.11 Å². The first-order valence-corrected chi connectivity index (χ1v) is 10.6. The Labute approximate surface area is 194 Å². The van der Waals surface area contributed by atoms with Gasteiger partial charge in [-0.25, -0.2) is 4.90 Å². The monoisotopic (exact) mass is 451 g/mol. The van der Waals surface area contributed by atoms with E-state index in [2.05, 4.69) is 10.6 Å². The Morgan fingerprint density at radius 3 is 2.03 bits per heavy atom. The first-order valence-electron chi connectivity index (χ1n) is 10.2. The lowest BCUT2D eigenvalue weighted by atomic mass is 10.0. The number of thiocarbonyl (C=S) groups is 1. The third kappa shape index (κ3) is 3.75. The average Bonchev–Trinajstić information content (AvgIpc) is 3.09. The molecule has 0 radical (unpaired) electrons. The molecule has 0 bridgehead atoms. The van der Waals surface area contributed by atoms with Crippen molar-refractivity contribution >= 4 is 57.2 Å². The van der Waals surface area contributed by atoms with Crippen molar-refractivity contribution in [1.29, 1.82) is 0 Å². The van der Waals surface area contributed by atoms with Gasteiger partial charge >= 0.3 is 0 Å². The number of hydrogen-bond donors (Lipinski definition) is 2. The minimum atomic E-state index is -0.353. The number of carbonyl (C=O) groups excluding carboxylic acids is 3. The summed E-state index contributed by atoms with van der Waals surface area (Å²) in [6, 6.07) is 26.6. The standard InChI is InChI=1S/C26H17N3O3S/c30-23(20-11-5-7-16-6-1-2-8-19(16)20)28-26(33)27-17-12-14-18(15-13-17)29-24(31)21-9-3-4-10-22(21)25(29)32/h1-15H,(H2,27,28,30,33). The zero-order valence-corrected chi connectivity index (χ0v) is 18.1. The fourth-order valence-corrected chi connectivity index (χ4v) is 4.08. The van der Waals surface area contributed by atoms with E-state index in [4.69, 9.17) is 12.2 Å². The van der Waals surface area contributed by atoms with E-state index in [1.54, 1.807) is 54.6 Å². The molecular formula is C26H17N3O3S. The minimum absolute atomic E-state index is 0.140. The molecule has 6 nitrogen and oxygen atoms in total. The summed E-state index contributed by atoms with van der Waals surface area (Å²) in [5, 5.41) is 7.60. The van der Waals surface area contributed by atoms with E-state index in [0.717, 1.165) is 15.7 Å². The Balaban J connectivity index is 1.28. The predicted octanol–water partition coefficient (Wildman–Crippen LogP) is 4.77. The highest BCUT2D eigenvalue weighted by Gasteiger charge is 2.36. The second-order valence-corrected chi connectivity index (χ2v) is 7.88. The summed E-state index contributed by atoms with van der Waals surface area (Å²) in [6.07, 6.45) is 0. The quantitative estimate of drug-likeness (QED) is 0.347. The van der Waals surface area contributed by atoms with Gasteiger partial charge in [-0.2, -0.15) is 0 Å². The smallest absolute Gasteiger partial charge is 0.266 e. The molecule has 1 aliphatic rings. The highest BCUT2D eigenvalue weighted by molar-refractivity contribution is 7.80. The highest BCUT2D eigenvalue weighted by Crippen LogP contribution is 2.29. The van der Waals surface area contributed by atoms with Crippen molar-refractivity contribution in [2.45, 2.75) is 0 Å². The van der Waals surface area contributed by atoms with Crippen molar-refractivity contribution in [1.82, 2.24) is 5.32 Å². The lowest BCUT2D eigenvalue weighted by Crippen LogP contribution is -2.34. The van der Waals surface area contributed by atoms with Crippen molar-refractivity contribution in [3.63, 3.8) is 0 Å². The highest BCUT2D eigenvalue weighted by atomic mass is 32.1. The summed E-state index contributed by atoms with van der Waals surface area (Å²) in [7, 11) is 0. The van der Waals surface area contributed by atoms with Crippen LogP contribution in [-0.2, 0) is 0 Å². The molecule has 160 valence electrons. The number of benzene rings is 4. The summed E-state index contributed by atoms with van der Waals surface area (Å²) in [4.78, 5) is 39.2. The molecule has 4 aromatic carbocycles. The molecule has 1 heterocycles.